The minimum Gasteiger partial charge on any atom is -0.345 e. The Balaban J connectivity index is 1.65. The number of H-pyrrole nitrogens is 1. The number of nitrogens with zero attached hydrogens (tertiary/aromatic N) is 2. The van der Waals surface area contributed by atoms with Gasteiger partial charge in [0.25, 0.3) is 11.5 Å². The van der Waals surface area contributed by atoms with Gasteiger partial charge in [-0.3, -0.25) is 9.59 Å². The molecule has 1 amide bonds. The molecule has 1 aliphatic heterocycles. The van der Waals surface area contributed by atoms with E-state index in [0.29, 0.717) is 11.3 Å². The second-order valence-electron chi connectivity index (χ2n) is 6.66. The van der Waals surface area contributed by atoms with Crippen LogP contribution in [0.1, 0.15) is 34.8 Å². The smallest absolute Gasteiger partial charge is 0.263 e. The van der Waals surface area contributed by atoms with Crippen molar-refractivity contribution in [1.29, 1.82) is 0 Å². The Morgan fingerprint density at radius 1 is 1.27 bits per heavy atom. The van der Waals surface area contributed by atoms with E-state index < -0.39 is 0 Å². The van der Waals surface area contributed by atoms with Crippen molar-refractivity contribution in [2.24, 2.45) is 0 Å². The number of amides is 1. The molecule has 0 radical (unpaired) electrons. The third kappa shape index (κ3) is 3.01. The summed E-state index contributed by atoms with van der Waals surface area (Å²) in [4.78, 5) is 32.9. The van der Waals surface area contributed by atoms with Crippen LogP contribution in [0.25, 0.3) is 11.0 Å². The quantitative estimate of drug-likeness (QED) is 0.675. The molecule has 26 heavy (non-hydrogen) atoms. The van der Waals surface area contributed by atoms with Crippen molar-refractivity contribution in [2.75, 3.05) is 18.4 Å². The number of carbonyl (C=O) groups is 1. The Bertz CT molecular complexity index is 1010. The van der Waals surface area contributed by atoms with Gasteiger partial charge in [0.2, 0.25) is 0 Å². The van der Waals surface area contributed by atoms with Gasteiger partial charge in [0.1, 0.15) is 5.56 Å². The molecule has 0 saturated carbocycles. The first kappa shape index (κ1) is 16.5. The third-order valence-corrected chi connectivity index (χ3v) is 4.94. The number of pyridine rings is 1. The zero-order valence-corrected chi connectivity index (χ0v) is 14.6. The van der Waals surface area contributed by atoms with Crippen LogP contribution in [0.2, 0.25) is 0 Å². The second-order valence-corrected chi connectivity index (χ2v) is 6.66. The predicted molar refractivity (Wildman–Crippen MR) is 101 cm³/mol. The summed E-state index contributed by atoms with van der Waals surface area (Å²) in [5.41, 5.74) is 2.95. The van der Waals surface area contributed by atoms with Gasteiger partial charge in [0.15, 0.2) is 0 Å². The molecular weight excluding hydrogens is 330 g/mol. The van der Waals surface area contributed by atoms with E-state index in [0.717, 1.165) is 37.0 Å². The lowest BCUT2D eigenvalue weighted by atomic mass is 10.0. The highest BCUT2D eigenvalue weighted by atomic mass is 16.2. The van der Waals surface area contributed by atoms with E-state index in [1.54, 1.807) is 30.1 Å². The Kier molecular flexibility index (Phi) is 4.30. The lowest BCUT2D eigenvalue weighted by Gasteiger charge is -2.25. The summed E-state index contributed by atoms with van der Waals surface area (Å²) in [5.74, 6) is -0.380. The molecule has 1 saturated heterocycles. The minimum atomic E-state index is -0.380. The molecule has 3 N–H and O–H groups in total. The number of aromatic amines is 1. The van der Waals surface area contributed by atoms with Crippen LogP contribution < -0.4 is 16.2 Å². The summed E-state index contributed by atoms with van der Waals surface area (Å²) in [6.07, 6.45) is 5.19. The summed E-state index contributed by atoms with van der Waals surface area (Å²) in [7, 11) is 0. The van der Waals surface area contributed by atoms with Crippen LogP contribution in [0.15, 0.2) is 41.6 Å². The Morgan fingerprint density at radius 3 is 2.88 bits per heavy atom. The maximum Gasteiger partial charge on any atom is 0.263 e. The van der Waals surface area contributed by atoms with Gasteiger partial charge in [-0.05, 0) is 62.7 Å². The molecule has 0 aliphatic carbocycles. The number of anilines is 1. The zero-order chi connectivity index (χ0) is 18.1. The second kappa shape index (κ2) is 6.76. The summed E-state index contributed by atoms with van der Waals surface area (Å²) in [6, 6.07) is 7.40. The monoisotopic (exact) mass is 351 g/mol. The van der Waals surface area contributed by atoms with E-state index in [9.17, 15) is 9.59 Å². The molecule has 7 nitrogen and oxygen atoms in total. The molecule has 1 aliphatic rings. The van der Waals surface area contributed by atoms with Crippen LogP contribution in [-0.2, 0) is 0 Å². The fraction of sp³-hybridized carbons (Fsp3) is 0.316. The average Bonchev–Trinajstić information content (AvgIpc) is 3.10. The summed E-state index contributed by atoms with van der Waals surface area (Å²) in [5, 5.41) is 6.13. The number of hydrogen-bond donors (Lipinski definition) is 3. The van der Waals surface area contributed by atoms with E-state index in [2.05, 4.69) is 20.6 Å². The van der Waals surface area contributed by atoms with Gasteiger partial charge in [0, 0.05) is 17.9 Å². The van der Waals surface area contributed by atoms with Gasteiger partial charge in [0.05, 0.1) is 17.4 Å². The van der Waals surface area contributed by atoms with Crippen molar-refractivity contribution >= 4 is 22.6 Å². The Hall–Kier alpha value is -2.93. The number of imidazole rings is 1. The highest BCUT2D eigenvalue weighted by molar-refractivity contribution is 6.05. The maximum atomic E-state index is 13.0. The molecule has 2 aromatic heterocycles. The molecule has 3 aromatic rings. The number of rotatable bonds is 3. The first-order valence-electron chi connectivity index (χ1n) is 8.80. The third-order valence-electron chi connectivity index (χ3n) is 4.94. The van der Waals surface area contributed by atoms with Crippen molar-refractivity contribution in [2.45, 2.75) is 25.8 Å². The van der Waals surface area contributed by atoms with Crippen LogP contribution in [0.4, 0.5) is 5.69 Å². The summed E-state index contributed by atoms with van der Waals surface area (Å²) >= 11 is 0. The van der Waals surface area contributed by atoms with Crippen molar-refractivity contribution in [1.82, 2.24) is 19.9 Å². The first-order valence-corrected chi connectivity index (χ1v) is 8.80. The maximum absolute atomic E-state index is 13.0. The number of aryl methyl sites for hydroxylation is 1. The number of carbonyl (C=O) groups excluding carboxylic acids is 1. The van der Waals surface area contributed by atoms with E-state index in [-0.39, 0.29) is 23.1 Å². The van der Waals surface area contributed by atoms with E-state index >= 15 is 0 Å². The van der Waals surface area contributed by atoms with Gasteiger partial charge in [-0.2, -0.15) is 0 Å². The highest BCUT2D eigenvalue weighted by Gasteiger charge is 2.21. The molecule has 7 heteroatoms. The van der Waals surface area contributed by atoms with Crippen LogP contribution in [0.3, 0.4) is 0 Å². The van der Waals surface area contributed by atoms with Gasteiger partial charge in [-0.1, -0.05) is 0 Å². The van der Waals surface area contributed by atoms with Crippen molar-refractivity contribution < 1.29 is 4.79 Å². The number of aromatic nitrogens is 3. The van der Waals surface area contributed by atoms with Gasteiger partial charge in [-0.15, -0.1) is 0 Å². The van der Waals surface area contributed by atoms with Gasteiger partial charge in [-0.25, -0.2) is 4.98 Å². The van der Waals surface area contributed by atoms with Gasteiger partial charge < -0.3 is 20.2 Å². The van der Waals surface area contributed by atoms with Crippen molar-refractivity contribution in [3.05, 3.63) is 58.3 Å². The highest BCUT2D eigenvalue weighted by Crippen LogP contribution is 2.19. The van der Waals surface area contributed by atoms with E-state index in [1.165, 1.54) is 0 Å². The number of nitrogens with one attached hydrogen (secondary N) is 3. The van der Waals surface area contributed by atoms with Crippen LogP contribution in [0, 0.1) is 6.92 Å². The standard InChI is InChI=1S/C19H21N5O2/c1-12-6-9-24(14-4-7-20-8-5-14)19(26)17(12)18(25)23-13-2-3-15-16(10-13)22-11-21-15/h2-3,6,9-11,14,20H,4-5,7-8H2,1H3,(H,21,22)(H,23,25). The van der Waals surface area contributed by atoms with Crippen LogP contribution in [-0.4, -0.2) is 33.5 Å². The SMILES string of the molecule is Cc1ccn(C2CCNCC2)c(=O)c1C(=O)Nc1ccc2nc[nH]c2c1. The minimum absolute atomic E-state index is 0.136. The van der Waals surface area contributed by atoms with Crippen molar-refractivity contribution in [3.8, 4) is 0 Å². The van der Waals surface area contributed by atoms with Crippen molar-refractivity contribution in [3.63, 3.8) is 0 Å². The molecule has 0 bridgehead atoms. The van der Waals surface area contributed by atoms with Crippen LogP contribution in [0.5, 0.6) is 0 Å². The molecule has 0 spiro atoms. The van der Waals surface area contributed by atoms with E-state index in [1.807, 2.05) is 18.2 Å². The molecule has 1 aromatic carbocycles. The fourth-order valence-corrected chi connectivity index (χ4v) is 3.50. The van der Waals surface area contributed by atoms with Crippen LogP contribution >= 0.6 is 0 Å². The number of piperidine rings is 1. The lowest BCUT2D eigenvalue weighted by molar-refractivity contribution is 0.102. The topological polar surface area (TPSA) is 91.8 Å². The molecule has 0 unspecified atom stereocenters. The normalized spacial score (nSPS) is 15.3. The lowest BCUT2D eigenvalue weighted by Crippen LogP contribution is -2.37. The number of benzene rings is 1. The van der Waals surface area contributed by atoms with E-state index in [4.69, 9.17) is 0 Å². The summed E-state index contributed by atoms with van der Waals surface area (Å²) in [6.45, 7) is 3.56. The molecule has 0 atom stereocenters. The molecular formula is C19H21N5O2. The number of fused-ring (bicyclic) bond motifs is 1. The first-order chi connectivity index (χ1) is 12.6. The Labute approximate surface area is 150 Å². The predicted octanol–water partition coefficient (Wildman–Crippen LogP) is 2.21. The average molecular weight is 351 g/mol. The molecule has 4 rings (SSSR count). The largest absolute Gasteiger partial charge is 0.345 e. The molecule has 3 heterocycles. The summed E-state index contributed by atoms with van der Waals surface area (Å²) < 4.78 is 1.71. The van der Waals surface area contributed by atoms with Gasteiger partial charge >= 0.3 is 0 Å². The number of hydrogen-bond acceptors (Lipinski definition) is 4. The Morgan fingerprint density at radius 2 is 2.08 bits per heavy atom. The fourth-order valence-electron chi connectivity index (χ4n) is 3.50. The zero-order valence-electron chi connectivity index (χ0n) is 14.6. The molecule has 1 fully saturated rings. The molecule has 134 valence electrons.